The van der Waals surface area contributed by atoms with Crippen LogP contribution in [0.2, 0.25) is 0 Å². The molecule has 5 nitrogen and oxygen atoms in total. The predicted octanol–water partition coefficient (Wildman–Crippen LogP) is 1.87. The monoisotopic (exact) mass is 330 g/mol. The number of halogens is 1. The molecule has 0 bridgehead atoms. The Balaban J connectivity index is 0.00000441. The molecule has 0 fully saturated rings. The van der Waals surface area contributed by atoms with E-state index in [-0.39, 0.29) is 36.3 Å². The van der Waals surface area contributed by atoms with E-state index in [0.29, 0.717) is 13.1 Å². The first-order chi connectivity index (χ1) is 9.92. The van der Waals surface area contributed by atoms with Crippen molar-refractivity contribution >= 4 is 18.3 Å². The zero-order valence-corrected chi connectivity index (χ0v) is 14.5. The summed E-state index contributed by atoms with van der Waals surface area (Å²) in [4.78, 5) is 11.9. The van der Waals surface area contributed by atoms with E-state index in [2.05, 4.69) is 19.2 Å². The number of nitrogens with two attached hydrogens (primary N) is 1. The van der Waals surface area contributed by atoms with E-state index in [1.54, 1.807) is 14.2 Å². The van der Waals surface area contributed by atoms with Gasteiger partial charge in [0.2, 0.25) is 5.91 Å². The molecule has 126 valence electrons. The van der Waals surface area contributed by atoms with Crippen molar-refractivity contribution in [1.29, 1.82) is 0 Å². The van der Waals surface area contributed by atoms with Gasteiger partial charge in [-0.05, 0) is 17.7 Å². The summed E-state index contributed by atoms with van der Waals surface area (Å²) in [6.45, 7) is 5.07. The normalized spacial score (nSPS) is 12.2. The van der Waals surface area contributed by atoms with Crippen molar-refractivity contribution in [2.75, 3.05) is 27.3 Å². The lowest BCUT2D eigenvalue weighted by molar-refractivity contribution is -0.123. The van der Waals surface area contributed by atoms with E-state index in [4.69, 9.17) is 15.2 Å². The van der Waals surface area contributed by atoms with Crippen LogP contribution in [0, 0.1) is 0 Å². The van der Waals surface area contributed by atoms with Gasteiger partial charge < -0.3 is 20.5 Å². The third-order valence-corrected chi connectivity index (χ3v) is 3.61. The summed E-state index contributed by atoms with van der Waals surface area (Å²) in [7, 11) is 3.20. The lowest BCUT2D eigenvalue weighted by Gasteiger charge is -2.26. The van der Waals surface area contributed by atoms with Gasteiger partial charge in [-0.15, -0.1) is 12.4 Å². The van der Waals surface area contributed by atoms with Gasteiger partial charge in [-0.2, -0.15) is 0 Å². The topological polar surface area (TPSA) is 73.6 Å². The molecular formula is C16H27ClN2O3. The fourth-order valence-electron chi connectivity index (χ4n) is 2.01. The van der Waals surface area contributed by atoms with E-state index in [9.17, 15) is 4.79 Å². The van der Waals surface area contributed by atoms with Gasteiger partial charge in [-0.1, -0.05) is 26.0 Å². The fraction of sp³-hybridized carbons (Fsp3) is 0.562. The number of carbonyl (C=O) groups excluding carboxylic acids is 1. The Bertz CT molecular complexity index is 445. The van der Waals surface area contributed by atoms with Gasteiger partial charge in [0.25, 0.3) is 0 Å². The molecule has 6 heteroatoms. The first kappa shape index (κ1) is 20.7. The zero-order valence-electron chi connectivity index (χ0n) is 13.7. The van der Waals surface area contributed by atoms with Gasteiger partial charge in [0.15, 0.2) is 0 Å². The minimum atomic E-state index is -0.228. The molecule has 0 saturated heterocycles. The third kappa shape index (κ3) is 6.22. The fourth-order valence-corrected chi connectivity index (χ4v) is 2.01. The van der Waals surface area contributed by atoms with E-state index in [0.717, 1.165) is 11.3 Å². The lowest BCUT2D eigenvalue weighted by Crippen LogP contribution is -2.39. The van der Waals surface area contributed by atoms with Crippen molar-refractivity contribution in [2.45, 2.75) is 31.8 Å². The molecule has 0 aliphatic rings. The van der Waals surface area contributed by atoms with Crippen LogP contribution in [0.4, 0.5) is 0 Å². The molecule has 1 amide bonds. The van der Waals surface area contributed by atoms with Crippen LogP contribution in [0.1, 0.15) is 25.8 Å². The van der Waals surface area contributed by atoms with E-state index < -0.39 is 0 Å². The molecule has 3 N–H and O–H groups in total. The highest BCUT2D eigenvalue weighted by Gasteiger charge is 2.22. The molecule has 1 rings (SSSR count). The minimum Gasteiger partial charge on any atom is -0.497 e. The van der Waals surface area contributed by atoms with E-state index in [1.807, 2.05) is 24.3 Å². The number of carbonyl (C=O) groups is 1. The van der Waals surface area contributed by atoms with Crippen molar-refractivity contribution in [3.63, 3.8) is 0 Å². The Morgan fingerprint density at radius 3 is 2.32 bits per heavy atom. The molecule has 1 aromatic rings. The van der Waals surface area contributed by atoms with Crippen LogP contribution >= 0.6 is 12.4 Å². The Kier molecular flexibility index (Phi) is 9.09. The van der Waals surface area contributed by atoms with Crippen molar-refractivity contribution in [1.82, 2.24) is 5.32 Å². The summed E-state index contributed by atoms with van der Waals surface area (Å²) < 4.78 is 10.3. The van der Waals surface area contributed by atoms with Crippen LogP contribution in [0.25, 0.3) is 0 Å². The first-order valence-corrected chi connectivity index (χ1v) is 7.07. The number of rotatable bonds is 8. The van der Waals surface area contributed by atoms with Gasteiger partial charge in [-0.25, -0.2) is 0 Å². The second-order valence-electron chi connectivity index (χ2n) is 5.69. The number of nitrogens with one attached hydrogen (secondary N) is 1. The predicted molar refractivity (Wildman–Crippen MR) is 90.7 cm³/mol. The Morgan fingerprint density at radius 2 is 1.86 bits per heavy atom. The molecule has 1 atom stereocenters. The molecular weight excluding hydrogens is 304 g/mol. The maximum atomic E-state index is 11.9. The molecule has 22 heavy (non-hydrogen) atoms. The zero-order chi connectivity index (χ0) is 15.9. The number of methoxy groups -OCH3 is 2. The summed E-state index contributed by atoms with van der Waals surface area (Å²) in [5.41, 5.74) is 6.50. The van der Waals surface area contributed by atoms with Crippen LogP contribution in [-0.4, -0.2) is 39.3 Å². The lowest BCUT2D eigenvalue weighted by atomic mass is 9.84. The molecule has 0 saturated carbocycles. The molecule has 0 aromatic heterocycles. The highest BCUT2D eigenvalue weighted by molar-refractivity contribution is 5.85. The highest BCUT2D eigenvalue weighted by atomic mass is 35.5. The second kappa shape index (κ2) is 9.66. The Labute approximate surface area is 139 Å². The van der Waals surface area contributed by atoms with Crippen LogP contribution in [-0.2, 0) is 14.9 Å². The number of ether oxygens (including phenoxy) is 2. The van der Waals surface area contributed by atoms with Crippen LogP contribution < -0.4 is 15.8 Å². The Morgan fingerprint density at radius 1 is 1.27 bits per heavy atom. The molecule has 0 radical (unpaired) electrons. The summed E-state index contributed by atoms with van der Waals surface area (Å²) in [5.74, 6) is 0.776. The van der Waals surface area contributed by atoms with Crippen molar-refractivity contribution in [3.8, 4) is 5.75 Å². The molecule has 0 heterocycles. The molecule has 1 unspecified atom stereocenters. The number of amides is 1. The van der Waals surface area contributed by atoms with Gasteiger partial charge in [0, 0.05) is 25.6 Å². The minimum absolute atomic E-state index is 0. The SMILES string of the molecule is COc1ccc(C(C)(C)CNC(=O)CC(CN)OC)cc1.Cl. The highest BCUT2D eigenvalue weighted by Crippen LogP contribution is 2.24. The average molecular weight is 331 g/mol. The van der Waals surface area contributed by atoms with Crippen LogP contribution in [0.15, 0.2) is 24.3 Å². The third-order valence-electron chi connectivity index (χ3n) is 3.61. The average Bonchev–Trinajstić information content (AvgIpc) is 2.50. The molecule has 0 aliphatic heterocycles. The summed E-state index contributed by atoms with van der Waals surface area (Å²) >= 11 is 0. The second-order valence-corrected chi connectivity index (χ2v) is 5.69. The maximum absolute atomic E-state index is 11.9. The number of benzene rings is 1. The first-order valence-electron chi connectivity index (χ1n) is 7.07. The largest absolute Gasteiger partial charge is 0.497 e. The Hall–Kier alpha value is -1.30. The van der Waals surface area contributed by atoms with Crippen LogP contribution in [0.5, 0.6) is 5.75 Å². The summed E-state index contributed by atoms with van der Waals surface area (Å²) in [6.07, 6.45) is 0.0557. The van der Waals surface area contributed by atoms with Gasteiger partial charge in [0.05, 0.1) is 19.6 Å². The molecule has 0 spiro atoms. The van der Waals surface area contributed by atoms with E-state index in [1.165, 1.54) is 0 Å². The standard InChI is InChI=1S/C16H26N2O3.ClH/c1-16(2,12-5-7-13(20-3)8-6-12)11-18-15(19)9-14(10-17)21-4;/h5-8,14H,9-11,17H2,1-4H3,(H,18,19);1H. The smallest absolute Gasteiger partial charge is 0.222 e. The van der Waals surface area contributed by atoms with Crippen molar-refractivity contribution in [3.05, 3.63) is 29.8 Å². The molecule has 1 aromatic carbocycles. The quantitative estimate of drug-likeness (QED) is 0.763. The van der Waals surface area contributed by atoms with Gasteiger partial charge >= 0.3 is 0 Å². The molecule has 0 aliphatic carbocycles. The van der Waals surface area contributed by atoms with Gasteiger partial charge in [0.1, 0.15) is 5.75 Å². The number of hydrogen-bond acceptors (Lipinski definition) is 4. The van der Waals surface area contributed by atoms with Crippen molar-refractivity contribution < 1.29 is 14.3 Å². The van der Waals surface area contributed by atoms with E-state index >= 15 is 0 Å². The van der Waals surface area contributed by atoms with Gasteiger partial charge in [-0.3, -0.25) is 4.79 Å². The number of hydrogen-bond donors (Lipinski definition) is 2. The summed E-state index contributed by atoms with van der Waals surface area (Å²) in [6, 6.07) is 7.88. The van der Waals surface area contributed by atoms with Crippen molar-refractivity contribution in [2.24, 2.45) is 5.73 Å². The van der Waals surface area contributed by atoms with Crippen LogP contribution in [0.3, 0.4) is 0 Å². The maximum Gasteiger partial charge on any atom is 0.222 e. The summed E-state index contributed by atoms with van der Waals surface area (Å²) in [5, 5.41) is 2.94.